The van der Waals surface area contributed by atoms with Crippen LogP contribution in [0.5, 0.6) is 0 Å². The first kappa shape index (κ1) is 16.3. The molecule has 0 aromatic rings. The molecule has 1 aliphatic rings. The Balaban J connectivity index is 0. The molecular weight excluding hydrogens is 286 g/mol. The SMILES string of the molecule is C1=C\CC/C=C\CC/1.F[B-](F)(F)F.[Rh+]. The molecule has 0 saturated carbocycles. The topological polar surface area (TPSA) is 0 Å². The molecule has 0 heterocycles. The van der Waals surface area contributed by atoms with E-state index >= 15 is 0 Å². The summed E-state index contributed by atoms with van der Waals surface area (Å²) in [5.41, 5.74) is 0. The van der Waals surface area contributed by atoms with Gasteiger partial charge in [0.2, 0.25) is 0 Å². The second kappa shape index (κ2) is 9.44. The summed E-state index contributed by atoms with van der Waals surface area (Å²) < 4.78 is 39.0. The van der Waals surface area contributed by atoms with Crippen molar-refractivity contribution in [3.8, 4) is 0 Å². The minimum atomic E-state index is -6.00. The molecule has 0 atom stereocenters. The number of rotatable bonds is 0. The number of allylic oxidation sites excluding steroid dienone is 4. The van der Waals surface area contributed by atoms with Gasteiger partial charge < -0.3 is 17.3 Å². The van der Waals surface area contributed by atoms with Crippen molar-refractivity contribution in [2.24, 2.45) is 0 Å². The third-order valence-electron chi connectivity index (χ3n) is 1.33. The predicted octanol–water partition coefficient (Wildman–Crippen LogP) is 3.97. The van der Waals surface area contributed by atoms with Crippen LogP contribution in [0.3, 0.4) is 0 Å². The van der Waals surface area contributed by atoms with E-state index in [1.165, 1.54) is 25.7 Å². The molecule has 0 amide bonds. The third-order valence-corrected chi connectivity index (χ3v) is 1.33. The van der Waals surface area contributed by atoms with Crippen LogP contribution in [0.1, 0.15) is 25.7 Å². The predicted molar refractivity (Wildman–Crippen MR) is 46.9 cm³/mol. The summed E-state index contributed by atoms with van der Waals surface area (Å²) in [4.78, 5) is 0. The Hall–Kier alpha value is -0.112. The molecule has 0 N–H and O–H groups in total. The van der Waals surface area contributed by atoms with Crippen molar-refractivity contribution in [3.63, 3.8) is 0 Å². The molecule has 0 radical (unpaired) electrons. The van der Waals surface area contributed by atoms with Crippen LogP contribution in [0.25, 0.3) is 0 Å². The second-order valence-electron chi connectivity index (χ2n) is 2.59. The first-order chi connectivity index (χ1) is 6.00. The standard InChI is InChI=1S/C8H12.BF4.Rh/c1-2-4-6-8-7-5-3-1;2-1(3,4)5;/h1-2,7-8H,3-6H2;;/q;-1;+1/b2-1-,8-7-;;. The van der Waals surface area contributed by atoms with E-state index in [-0.39, 0.29) is 19.5 Å². The van der Waals surface area contributed by atoms with Crippen LogP contribution in [0.15, 0.2) is 24.3 Å². The molecule has 84 valence electrons. The maximum atomic E-state index is 9.75. The van der Waals surface area contributed by atoms with Crippen LogP contribution >= 0.6 is 0 Å². The van der Waals surface area contributed by atoms with Gasteiger partial charge in [-0.25, -0.2) is 0 Å². The van der Waals surface area contributed by atoms with Crippen molar-refractivity contribution >= 4 is 7.25 Å². The minimum Gasteiger partial charge on any atom is -0.418 e. The van der Waals surface area contributed by atoms with Crippen molar-refractivity contribution < 1.29 is 36.7 Å². The zero-order valence-corrected chi connectivity index (χ0v) is 9.20. The second-order valence-corrected chi connectivity index (χ2v) is 2.59. The first-order valence-corrected chi connectivity index (χ1v) is 4.17. The molecule has 14 heavy (non-hydrogen) atoms. The van der Waals surface area contributed by atoms with Gasteiger partial charge in [0.25, 0.3) is 0 Å². The fourth-order valence-corrected chi connectivity index (χ4v) is 0.856. The van der Waals surface area contributed by atoms with E-state index in [1.807, 2.05) is 0 Å². The molecule has 0 unspecified atom stereocenters. The van der Waals surface area contributed by atoms with E-state index < -0.39 is 7.25 Å². The Kier molecular flexibility index (Phi) is 11.0. The molecule has 1 aliphatic carbocycles. The molecule has 0 saturated heterocycles. The van der Waals surface area contributed by atoms with Gasteiger partial charge in [0, 0.05) is 0 Å². The van der Waals surface area contributed by atoms with Crippen molar-refractivity contribution in [2.75, 3.05) is 0 Å². The van der Waals surface area contributed by atoms with Crippen LogP contribution in [0.2, 0.25) is 0 Å². The monoisotopic (exact) mass is 298 g/mol. The summed E-state index contributed by atoms with van der Waals surface area (Å²) in [5, 5.41) is 0. The summed E-state index contributed by atoms with van der Waals surface area (Å²) in [6.45, 7) is 0. The van der Waals surface area contributed by atoms with Crippen molar-refractivity contribution in [3.05, 3.63) is 24.3 Å². The molecule has 0 aromatic carbocycles. The maximum Gasteiger partial charge on any atom is 1.00 e. The Morgan fingerprint density at radius 2 is 0.786 bits per heavy atom. The summed E-state index contributed by atoms with van der Waals surface area (Å²) >= 11 is 0. The van der Waals surface area contributed by atoms with E-state index in [2.05, 4.69) is 24.3 Å². The molecule has 0 spiro atoms. The Morgan fingerprint density at radius 3 is 0.929 bits per heavy atom. The van der Waals surface area contributed by atoms with Crippen LogP contribution in [-0.4, -0.2) is 7.25 Å². The molecule has 0 aromatic heterocycles. The van der Waals surface area contributed by atoms with Gasteiger partial charge >= 0.3 is 26.7 Å². The van der Waals surface area contributed by atoms with Crippen LogP contribution in [-0.2, 0) is 19.5 Å². The van der Waals surface area contributed by atoms with Crippen molar-refractivity contribution in [1.82, 2.24) is 0 Å². The summed E-state index contributed by atoms with van der Waals surface area (Å²) in [6, 6.07) is 0. The third kappa shape index (κ3) is 22.7. The average molecular weight is 298 g/mol. The quantitative estimate of drug-likeness (QED) is 0.360. The zero-order valence-electron chi connectivity index (χ0n) is 7.56. The van der Waals surface area contributed by atoms with Crippen molar-refractivity contribution in [2.45, 2.75) is 25.7 Å². The molecule has 0 nitrogen and oxygen atoms in total. The van der Waals surface area contributed by atoms with Crippen molar-refractivity contribution in [1.29, 1.82) is 0 Å². The van der Waals surface area contributed by atoms with Crippen LogP contribution < -0.4 is 0 Å². The van der Waals surface area contributed by atoms with E-state index in [1.54, 1.807) is 0 Å². The van der Waals surface area contributed by atoms with Gasteiger partial charge in [0.1, 0.15) is 0 Å². The summed E-state index contributed by atoms with van der Waals surface area (Å²) in [6.07, 6.45) is 14.0. The Labute approximate surface area is 94.3 Å². The van der Waals surface area contributed by atoms with Crippen LogP contribution in [0.4, 0.5) is 17.3 Å². The largest absolute Gasteiger partial charge is 1.00 e. The Morgan fingerprint density at radius 1 is 0.643 bits per heavy atom. The molecule has 6 heteroatoms. The van der Waals surface area contributed by atoms with E-state index in [9.17, 15) is 17.3 Å². The van der Waals surface area contributed by atoms with Gasteiger partial charge in [0.05, 0.1) is 0 Å². The Bertz CT molecular complexity index is 145. The van der Waals surface area contributed by atoms with Gasteiger partial charge in [-0.15, -0.1) is 0 Å². The molecular formula is C8H12BF4Rh. The molecule has 0 fully saturated rings. The van der Waals surface area contributed by atoms with Gasteiger partial charge in [-0.3, -0.25) is 0 Å². The van der Waals surface area contributed by atoms with Gasteiger partial charge in [0.15, 0.2) is 0 Å². The minimum absolute atomic E-state index is 0. The van der Waals surface area contributed by atoms with Gasteiger partial charge in [-0.05, 0) is 25.7 Å². The molecule has 1 rings (SSSR count). The van der Waals surface area contributed by atoms with E-state index in [0.717, 1.165) is 0 Å². The smallest absolute Gasteiger partial charge is 0.418 e. The van der Waals surface area contributed by atoms with Crippen LogP contribution in [0, 0.1) is 0 Å². The summed E-state index contributed by atoms with van der Waals surface area (Å²) in [7, 11) is -6.00. The average Bonchev–Trinajstić information content (AvgIpc) is 1.79. The van der Waals surface area contributed by atoms with Gasteiger partial charge in [-0.1, -0.05) is 24.3 Å². The number of halogens is 4. The van der Waals surface area contributed by atoms with Gasteiger partial charge in [-0.2, -0.15) is 0 Å². The van der Waals surface area contributed by atoms with E-state index in [0.29, 0.717) is 0 Å². The first-order valence-electron chi connectivity index (χ1n) is 4.17. The fourth-order valence-electron chi connectivity index (χ4n) is 0.856. The number of hydrogen-bond acceptors (Lipinski definition) is 0. The normalized spacial score (nSPS) is 20.3. The number of hydrogen-bond donors (Lipinski definition) is 0. The maximum absolute atomic E-state index is 9.75. The summed E-state index contributed by atoms with van der Waals surface area (Å²) in [5.74, 6) is 0. The molecule has 0 aliphatic heterocycles. The molecule has 0 bridgehead atoms. The van der Waals surface area contributed by atoms with E-state index in [4.69, 9.17) is 0 Å². The fraction of sp³-hybridized carbons (Fsp3) is 0.500. The zero-order chi connectivity index (χ0) is 10.2.